The normalized spacial score (nSPS) is 13.6. The molecule has 0 heterocycles. The Morgan fingerprint density at radius 1 is 1.00 bits per heavy atom. The number of hydrogen-bond acceptors (Lipinski definition) is 4. The lowest BCUT2D eigenvalue weighted by Gasteiger charge is -2.34. The molecule has 0 aromatic heterocycles. The molecule has 0 saturated carbocycles. The van der Waals surface area contributed by atoms with Gasteiger partial charge in [0.25, 0.3) is 0 Å². The van der Waals surface area contributed by atoms with Gasteiger partial charge in [0.2, 0.25) is 0 Å². The summed E-state index contributed by atoms with van der Waals surface area (Å²) in [5, 5.41) is 21.5. The van der Waals surface area contributed by atoms with Crippen molar-refractivity contribution in [2.45, 2.75) is 26.3 Å². The first-order chi connectivity index (χ1) is 6.77. The number of nitrogens with one attached hydrogen (secondary N) is 1. The van der Waals surface area contributed by atoms with E-state index in [2.05, 4.69) is 24.1 Å². The zero-order valence-corrected chi connectivity index (χ0v) is 10.7. The lowest BCUT2D eigenvalue weighted by molar-refractivity contribution is 0.0657. The largest absolute Gasteiger partial charge is 0.396 e. The van der Waals surface area contributed by atoms with Crippen LogP contribution in [0.15, 0.2) is 0 Å². The maximum atomic E-state index is 9.11. The van der Waals surface area contributed by atoms with Gasteiger partial charge < -0.3 is 20.4 Å². The second kappa shape index (κ2) is 5.80. The first kappa shape index (κ1) is 14.8. The molecule has 0 radical (unpaired) electrons. The molecule has 0 unspecified atom stereocenters. The van der Waals surface area contributed by atoms with Crippen LogP contribution in [0.25, 0.3) is 0 Å². The molecule has 0 atom stereocenters. The summed E-state index contributed by atoms with van der Waals surface area (Å²) < 4.78 is 0. The Morgan fingerprint density at radius 3 is 1.80 bits per heavy atom. The highest BCUT2D eigenvalue weighted by atomic mass is 16.3. The highest BCUT2D eigenvalue weighted by Crippen LogP contribution is 2.13. The summed E-state index contributed by atoms with van der Waals surface area (Å²) in [5.41, 5.74) is -0.353. The molecule has 0 fully saturated rings. The van der Waals surface area contributed by atoms with Crippen molar-refractivity contribution in [2.24, 2.45) is 5.41 Å². The van der Waals surface area contributed by atoms with E-state index in [1.165, 1.54) is 0 Å². The van der Waals surface area contributed by atoms with E-state index >= 15 is 0 Å². The van der Waals surface area contributed by atoms with Crippen molar-refractivity contribution in [1.82, 2.24) is 10.2 Å². The van der Waals surface area contributed by atoms with Gasteiger partial charge in [-0.2, -0.15) is 0 Å². The lowest BCUT2D eigenvalue weighted by Crippen LogP contribution is -2.49. The summed E-state index contributed by atoms with van der Waals surface area (Å²) >= 11 is 0. The van der Waals surface area contributed by atoms with E-state index < -0.39 is 5.41 Å². The van der Waals surface area contributed by atoms with Crippen molar-refractivity contribution in [3.63, 3.8) is 0 Å². The van der Waals surface area contributed by atoms with E-state index in [-0.39, 0.29) is 18.8 Å². The molecule has 4 nitrogen and oxygen atoms in total. The molecule has 0 bridgehead atoms. The summed E-state index contributed by atoms with van der Waals surface area (Å²) in [7, 11) is 4.08. The second-order valence-corrected chi connectivity index (χ2v) is 5.44. The van der Waals surface area contributed by atoms with Gasteiger partial charge in [0, 0.05) is 24.0 Å². The van der Waals surface area contributed by atoms with Crippen LogP contribution >= 0.6 is 0 Å². The van der Waals surface area contributed by atoms with Crippen LogP contribution in [0.4, 0.5) is 0 Å². The van der Waals surface area contributed by atoms with Gasteiger partial charge >= 0.3 is 0 Å². The maximum Gasteiger partial charge on any atom is 0.0518 e. The molecule has 0 aromatic rings. The Labute approximate surface area is 93.3 Å². The van der Waals surface area contributed by atoms with Gasteiger partial charge in [0.15, 0.2) is 0 Å². The van der Waals surface area contributed by atoms with Crippen molar-refractivity contribution in [2.75, 3.05) is 40.4 Å². The second-order valence-electron chi connectivity index (χ2n) is 5.44. The van der Waals surface area contributed by atoms with E-state index in [9.17, 15) is 0 Å². The molecule has 0 aliphatic carbocycles. The number of hydrogen-bond donors (Lipinski definition) is 3. The van der Waals surface area contributed by atoms with Crippen molar-refractivity contribution < 1.29 is 10.2 Å². The molecule has 15 heavy (non-hydrogen) atoms. The van der Waals surface area contributed by atoms with Crippen LogP contribution in [0.3, 0.4) is 0 Å². The molecule has 4 heteroatoms. The molecule has 0 aliphatic heterocycles. The third kappa shape index (κ3) is 4.93. The SMILES string of the molecule is CN(C)C(C)(C)CNCC(C)(CO)CO. The summed E-state index contributed by atoms with van der Waals surface area (Å²) in [6.07, 6.45) is 0. The van der Waals surface area contributed by atoms with Crippen LogP contribution in [0.1, 0.15) is 20.8 Å². The number of rotatable bonds is 7. The van der Waals surface area contributed by atoms with E-state index in [0.29, 0.717) is 6.54 Å². The minimum Gasteiger partial charge on any atom is -0.396 e. The Kier molecular flexibility index (Phi) is 5.73. The van der Waals surface area contributed by atoms with Crippen LogP contribution in [0, 0.1) is 5.41 Å². The average Bonchev–Trinajstić information content (AvgIpc) is 2.17. The number of aliphatic hydroxyl groups excluding tert-OH is 2. The Bertz CT molecular complexity index is 173. The number of nitrogens with zero attached hydrogens (tertiary/aromatic N) is 1. The van der Waals surface area contributed by atoms with E-state index in [0.717, 1.165) is 6.54 Å². The van der Waals surface area contributed by atoms with Crippen molar-refractivity contribution >= 4 is 0 Å². The number of likely N-dealkylation sites (N-methyl/N-ethyl adjacent to an activating group) is 1. The van der Waals surface area contributed by atoms with Crippen molar-refractivity contribution in [3.8, 4) is 0 Å². The van der Waals surface area contributed by atoms with Crippen LogP contribution < -0.4 is 5.32 Å². The first-order valence-electron chi connectivity index (χ1n) is 5.37. The van der Waals surface area contributed by atoms with E-state index in [4.69, 9.17) is 10.2 Å². The topological polar surface area (TPSA) is 55.7 Å². The minimum absolute atomic E-state index is 0.00110. The Morgan fingerprint density at radius 2 is 1.47 bits per heavy atom. The summed E-state index contributed by atoms with van der Waals surface area (Å²) in [6, 6.07) is 0. The third-order valence-corrected chi connectivity index (χ3v) is 3.08. The molecule has 0 aliphatic rings. The highest BCUT2D eigenvalue weighted by Gasteiger charge is 2.25. The van der Waals surface area contributed by atoms with Gasteiger partial charge in [0.05, 0.1) is 13.2 Å². The summed E-state index contributed by atoms with van der Waals surface area (Å²) in [4.78, 5) is 2.15. The van der Waals surface area contributed by atoms with Crippen molar-refractivity contribution in [1.29, 1.82) is 0 Å². The van der Waals surface area contributed by atoms with Gasteiger partial charge in [-0.3, -0.25) is 0 Å². The summed E-state index contributed by atoms with van der Waals surface area (Å²) in [5.74, 6) is 0. The molecule has 0 rings (SSSR count). The van der Waals surface area contributed by atoms with Gasteiger partial charge in [-0.25, -0.2) is 0 Å². The zero-order chi connectivity index (χ0) is 12.1. The Balaban J connectivity index is 3.98. The van der Waals surface area contributed by atoms with E-state index in [1.807, 2.05) is 21.0 Å². The fraction of sp³-hybridized carbons (Fsp3) is 1.00. The predicted octanol–water partition coefficient (Wildman–Crippen LogP) is -0.0929. The molecule has 0 aromatic carbocycles. The van der Waals surface area contributed by atoms with Gasteiger partial charge in [0.1, 0.15) is 0 Å². The van der Waals surface area contributed by atoms with Crippen LogP contribution in [0.2, 0.25) is 0 Å². The maximum absolute atomic E-state index is 9.11. The molecule has 0 amide bonds. The Hall–Kier alpha value is -0.160. The molecular formula is C11H26N2O2. The molecule has 92 valence electrons. The van der Waals surface area contributed by atoms with Crippen LogP contribution in [-0.2, 0) is 0 Å². The van der Waals surface area contributed by atoms with Gasteiger partial charge in [-0.1, -0.05) is 6.92 Å². The number of aliphatic hydroxyl groups is 2. The molecule has 0 saturated heterocycles. The molecule has 3 N–H and O–H groups in total. The van der Waals surface area contributed by atoms with Gasteiger partial charge in [-0.15, -0.1) is 0 Å². The van der Waals surface area contributed by atoms with E-state index in [1.54, 1.807) is 0 Å². The monoisotopic (exact) mass is 218 g/mol. The minimum atomic E-state index is -0.428. The van der Waals surface area contributed by atoms with Crippen molar-refractivity contribution in [3.05, 3.63) is 0 Å². The fourth-order valence-electron chi connectivity index (χ4n) is 0.990. The third-order valence-electron chi connectivity index (χ3n) is 3.08. The van der Waals surface area contributed by atoms with Gasteiger partial charge in [-0.05, 0) is 27.9 Å². The predicted molar refractivity (Wildman–Crippen MR) is 62.9 cm³/mol. The average molecular weight is 218 g/mol. The quantitative estimate of drug-likeness (QED) is 0.559. The zero-order valence-electron chi connectivity index (χ0n) is 10.7. The smallest absolute Gasteiger partial charge is 0.0518 e. The lowest BCUT2D eigenvalue weighted by atomic mass is 9.92. The van der Waals surface area contributed by atoms with Crippen LogP contribution in [0.5, 0.6) is 0 Å². The highest BCUT2D eigenvalue weighted by molar-refractivity contribution is 4.82. The van der Waals surface area contributed by atoms with Crippen LogP contribution in [-0.4, -0.2) is 61.1 Å². The molecule has 0 spiro atoms. The fourth-order valence-corrected chi connectivity index (χ4v) is 0.990. The first-order valence-corrected chi connectivity index (χ1v) is 5.37. The standard InChI is InChI=1S/C11H26N2O2/c1-10(2,13(4)5)6-12-7-11(3,8-14)9-15/h12,14-15H,6-9H2,1-5H3. The molecular weight excluding hydrogens is 192 g/mol. The summed E-state index contributed by atoms with van der Waals surface area (Å²) in [6.45, 7) is 7.61.